The Kier molecular flexibility index (Phi) is 3.97. The van der Waals surface area contributed by atoms with Crippen molar-refractivity contribution in [2.45, 2.75) is 12.5 Å². The number of sulfone groups is 1. The summed E-state index contributed by atoms with van der Waals surface area (Å²) in [6, 6.07) is 8.93. The normalized spacial score (nSPS) is 19.7. The lowest BCUT2D eigenvalue weighted by atomic mass is 10.1. The first kappa shape index (κ1) is 15.7. The van der Waals surface area contributed by atoms with Crippen LogP contribution in [-0.2, 0) is 9.84 Å². The fourth-order valence-electron chi connectivity index (χ4n) is 2.86. The molecule has 23 heavy (non-hydrogen) atoms. The van der Waals surface area contributed by atoms with E-state index in [2.05, 4.69) is 4.98 Å². The van der Waals surface area contributed by atoms with Crippen LogP contribution in [0.15, 0.2) is 30.3 Å². The molecule has 2 heterocycles. The van der Waals surface area contributed by atoms with Crippen molar-refractivity contribution in [1.29, 1.82) is 0 Å². The molecule has 0 bridgehead atoms. The van der Waals surface area contributed by atoms with Crippen LogP contribution in [0, 0.1) is 0 Å². The second-order valence-electron chi connectivity index (χ2n) is 5.71. The number of rotatable bonds is 3. The van der Waals surface area contributed by atoms with E-state index in [4.69, 9.17) is 4.74 Å². The van der Waals surface area contributed by atoms with Crippen LogP contribution in [0.4, 0.5) is 0 Å². The van der Waals surface area contributed by atoms with Crippen LogP contribution in [0.1, 0.15) is 16.9 Å². The Morgan fingerprint density at radius 2 is 2.09 bits per heavy atom. The van der Waals surface area contributed by atoms with Gasteiger partial charge in [0.15, 0.2) is 9.84 Å². The fraction of sp³-hybridized carbons (Fsp3) is 0.375. The van der Waals surface area contributed by atoms with Gasteiger partial charge in [0, 0.05) is 18.5 Å². The SMILES string of the molecule is COc1nc(C(=O)N(C)[C@@H]2CCS(=O)(=O)C2)cc2ccccc12. The number of methoxy groups -OCH3 is 1. The van der Waals surface area contributed by atoms with Gasteiger partial charge in [-0.3, -0.25) is 4.79 Å². The molecule has 1 fully saturated rings. The largest absolute Gasteiger partial charge is 0.481 e. The first-order chi connectivity index (χ1) is 10.9. The standard InChI is InChI=1S/C16H18N2O4S/c1-18(12-7-8-23(20,21)10-12)16(19)14-9-11-5-3-4-6-13(11)15(17-14)22-2/h3-6,9,12H,7-8,10H2,1-2H3/t12-/m1/s1. The van der Waals surface area contributed by atoms with Gasteiger partial charge in [0.1, 0.15) is 5.69 Å². The number of amides is 1. The van der Waals surface area contributed by atoms with E-state index in [0.29, 0.717) is 12.3 Å². The highest BCUT2D eigenvalue weighted by Gasteiger charge is 2.33. The van der Waals surface area contributed by atoms with Crippen molar-refractivity contribution in [3.05, 3.63) is 36.0 Å². The minimum absolute atomic E-state index is 0.0138. The molecule has 0 N–H and O–H groups in total. The second kappa shape index (κ2) is 5.81. The number of hydrogen-bond donors (Lipinski definition) is 0. The van der Waals surface area contributed by atoms with E-state index < -0.39 is 9.84 Å². The van der Waals surface area contributed by atoms with Crippen molar-refractivity contribution < 1.29 is 17.9 Å². The van der Waals surface area contributed by atoms with Crippen LogP contribution in [0.25, 0.3) is 10.8 Å². The maximum Gasteiger partial charge on any atom is 0.272 e. The fourth-order valence-corrected chi connectivity index (χ4v) is 4.63. The van der Waals surface area contributed by atoms with E-state index in [1.807, 2.05) is 24.3 Å². The van der Waals surface area contributed by atoms with Gasteiger partial charge in [0.05, 0.1) is 18.6 Å². The Morgan fingerprint density at radius 1 is 1.35 bits per heavy atom. The summed E-state index contributed by atoms with van der Waals surface area (Å²) in [7, 11) is 0.0897. The monoisotopic (exact) mass is 334 g/mol. The van der Waals surface area contributed by atoms with Gasteiger partial charge in [0.2, 0.25) is 5.88 Å². The molecule has 1 aliphatic rings. The highest BCUT2D eigenvalue weighted by Crippen LogP contribution is 2.25. The van der Waals surface area contributed by atoms with Gasteiger partial charge in [-0.2, -0.15) is 0 Å². The number of carbonyl (C=O) groups excluding carboxylic acids is 1. The van der Waals surface area contributed by atoms with E-state index in [1.54, 1.807) is 13.1 Å². The van der Waals surface area contributed by atoms with Crippen LogP contribution in [0.2, 0.25) is 0 Å². The molecule has 1 amide bonds. The smallest absolute Gasteiger partial charge is 0.272 e. The lowest BCUT2D eigenvalue weighted by molar-refractivity contribution is 0.0741. The molecular weight excluding hydrogens is 316 g/mol. The first-order valence-corrected chi connectivity index (χ1v) is 9.15. The van der Waals surface area contributed by atoms with Crippen LogP contribution in [0.3, 0.4) is 0 Å². The number of hydrogen-bond acceptors (Lipinski definition) is 5. The van der Waals surface area contributed by atoms with Crippen molar-refractivity contribution in [3.8, 4) is 5.88 Å². The number of nitrogens with zero attached hydrogens (tertiary/aromatic N) is 2. The molecule has 0 unspecified atom stereocenters. The first-order valence-electron chi connectivity index (χ1n) is 7.32. The maximum atomic E-state index is 12.7. The Hall–Kier alpha value is -2.15. The Balaban J connectivity index is 1.94. The van der Waals surface area contributed by atoms with Crippen molar-refractivity contribution in [1.82, 2.24) is 9.88 Å². The molecule has 2 aromatic rings. The molecular formula is C16H18N2O4S. The van der Waals surface area contributed by atoms with Crippen molar-refractivity contribution in [2.24, 2.45) is 0 Å². The molecule has 1 aliphatic heterocycles. The van der Waals surface area contributed by atoms with Crippen LogP contribution >= 0.6 is 0 Å². The van der Waals surface area contributed by atoms with Gasteiger partial charge in [-0.25, -0.2) is 13.4 Å². The number of benzene rings is 1. The summed E-state index contributed by atoms with van der Waals surface area (Å²) in [5, 5.41) is 1.69. The van der Waals surface area contributed by atoms with E-state index in [-0.39, 0.29) is 29.1 Å². The minimum Gasteiger partial charge on any atom is -0.481 e. The third kappa shape index (κ3) is 3.01. The summed E-state index contributed by atoms with van der Waals surface area (Å²) in [6.07, 6.45) is 0.468. The highest BCUT2D eigenvalue weighted by molar-refractivity contribution is 7.91. The molecule has 1 aromatic carbocycles. The highest BCUT2D eigenvalue weighted by atomic mass is 32.2. The number of aromatic nitrogens is 1. The topological polar surface area (TPSA) is 76.6 Å². The van der Waals surface area contributed by atoms with E-state index >= 15 is 0 Å². The lowest BCUT2D eigenvalue weighted by Gasteiger charge is -2.23. The predicted octanol–water partition coefficient (Wildman–Crippen LogP) is 1.50. The second-order valence-corrected chi connectivity index (χ2v) is 7.94. The minimum atomic E-state index is -3.04. The molecule has 1 aromatic heterocycles. The zero-order valence-electron chi connectivity index (χ0n) is 13.0. The quantitative estimate of drug-likeness (QED) is 0.850. The molecule has 7 heteroatoms. The van der Waals surface area contributed by atoms with Gasteiger partial charge >= 0.3 is 0 Å². The zero-order chi connectivity index (χ0) is 16.6. The zero-order valence-corrected chi connectivity index (χ0v) is 13.8. The number of ether oxygens (including phenoxy) is 1. The van der Waals surface area contributed by atoms with E-state index in [0.717, 1.165) is 10.8 Å². The van der Waals surface area contributed by atoms with Gasteiger partial charge in [-0.05, 0) is 23.9 Å². The molecule has 122 valence electrons. The third-order valence-corrected chi connectivity index (χ3v) is 5.94. The summed E-state index contributed by atoms with van der Waals surface area (Å²) in [5.41, 5.74) is 0.257. The molecule has 3 rings (SSSR count). The van der Waals surface area contributed by atoms with Crippen LogP contribution in [0.5, 0.6) is 5.88 Å². The van der Waals surface area contributed by atoms with Crippen molar-refractivity contribution in [2.75, 3.05) is 25.7 Å². The molecule has 0 aliphatic carbocycles. The van der Waals surface area contributed by atoms with Crippen molar-refractivity contribution >= 4 is 26.5 Å². The average Bonchev–Trinajstić information content (AvgIpc) is 2.92. The van der Waals surface area contributed by atoms with Gasteiger partial charge in [-0.15, -0.1) is 0 Å². The Labute approximate surface area is 135 Å². The number of carbonyl (C=O) groups is 1. The summed E-state index contributed by atoms with van der Waals surface area (Å²) < 4.78 is 28.5. The van der Waals surface area contributed by atoms with Crippen LogP contribution in [-0.4, -0.2) is 55.9 Å². The Bertz CT molecular complexity index is 864. The number of pyridine rings is 1. The molecule has 0 saturated carbocycles. The molecule has 6 nitrogen and oxygen atoms in total. The number of fused-ring (bicyclic) bond motifs is 1. The van der Waals surface area contributed by atoms with E-state index in [9.17, 15) is 13.2 Å². The van der Waals surface area contributed by atoms with Gasteiger partial charge in [0.25, 0.3) is 5.91 Å². The summed E-state index contributed by atoms with van der Waals surface area (Å²) >= 11 is 0. The average molecular weight is 334 g/mol. The van der Waals surface area contributed by atoms with Crippen molar-refractivity contribution in [3.63, 3.8) is 0 Å². The molecule has 0 spiro atoms. The van der Waals surface area contributed by atoms with E-state index in [1.165, 1.54) is 12.0 Å². The lowest BCUT2D eigenvalue weighted by Crippen LogP contribution is -2.38. The summed E-state index contributed by atoms with van der Waals surface area (Å²) in [5.74, 6) is 0.235. The molecule has 1 saturated heterocycles. The maximum absolute atomic E-state index is 12.7. The Morgan fingerprint density at radius 3 is 2.74 bits per heavy atom. The molecule has 0 radical (unpaired) electrons. The van der Waals surface area contributed by atoms with Gasteiger partial charge < -0.3 is 9.64 Å². The summed E-state index contributed by atoms with van der Waals surface area (Å²) in [4.78, 5) is 18.4. The van der Waals surface area contributed by atoms with Gasteiger partial charge in [-0.1, -0.05) is 18.2 Å². The molecule has 1 atom stereocenters. The third-order valence-electron chi connectivity index (χ3n) is 4.19. The van der Waals surface area contributed by atoms with Crippen LogP contribution < -0.4 is 4.74 Å². The summed E-state index contributed by atoms with van der Waals surface area (Å²) in [6.45, 7) is 0. The predicted molar refractivity (Wildman–Crippen MR) is 87.4 cm³/mol.